The summed E-state index contributed by atoms with van der Waals surface area (Å²) in [5.74, 6) is -0.220. The molecule has 0 aliphatic rings. The third-order valence-corrected chi connectivity index (χ3v) is 2.24. The van der Waals surface area contributed by atoms with Gasteiger partial charge in [-0.3, -0.25) is 0 Å². The SMILES string of the molecule is Fc1ccc(F)c(CCCc2nn[nH]n2)c1. The Morgan fingerprint density at radius 3 is 2.81 bits per heavy atom. The van der Waals surface area contributed by atoms with Gasteiger partial charge in [-0.1, -0.05) is 5.21 Å². The predicted molar refractivity (Wildman–Crippen MR) is 52.6 cm³/mol. The first-order chi connectivity index (χ1) is 7.75. The Labute approximate surface area is 90.7 Å². The second-order valence-electron chi connectivity index (χ2n) is 3.42. The van der Waals surface area contributed by atoms with E-state index in [9.17, 15) is 8.78 Å². The van der Waals surface area contributed by atoms with Gasteiger partial charge in [-0.25, -0.2) is 8.78 Å². The molecule has 1 N–H and O–H groups in total. The van der Waals surface area contributed by atoms with Crippen LogP contribution in [-0.2, 0) is 12.8 Å². The number of hydrogen-bond acceptors (Lipinski definition) is 3. The van der Waals surface area contributed by atoms with E-state index in [2.05, 4.69) is 20.6 Å². The zero-order chi connectivity index (χ0) is 11.4. The first-order valence-electron chi connectivity index (χ1n) is 4.92. The highest BCUT2D eigenvalue weighted by molar-refractivity contribution is 5.18. The molecule has 1 aromatic heterocycles. The Hall–Kier alpha value is -1.85. The van der Waals surface area contributed by atoms with Gasteiger partial charge in [0.2, 0.25) is 0 Å². The van der Waals surface area contributed by atoms with E-state index >= 15 is 0 Å². The van der Waals surface area contributed by atoms with Crippen LogP contribution in [0.2, 0.25) is 0 Å². The summed E-state index contributed by atoms with van der Waals surface area (Å²) in [7, 11) is 0. The summed E-state index contributed by atoms with van der Waals surface area (Å²) in [5, 5.41) is 13.3. The number of hydrogen-bond donors (Lipinski definition) is 1. The number of aromatic nitrogens is 4. The fraction of sp³-hybridized carbons (Fsp3) is 0.300. The molecule has 1 heterocycles. The van der Waals surface area contributed by atoms with Gasteiger partial charge in [-0.15, -0.1) is 10.2 Å². The molecule has 2 rings (SSSR count). The number of H-pyrrole nitrogens is 1. The molecule has 0 amide bonds. The maximum atomic E-state index is 13.2. The summed E-state index contributed by atoms with van der Waals surface area (Å²) in [6.07, 6.45) is 1.70. The number of halogens is 2. The first kappa shape index (κ1) is 10.7. The number of rotatable bonds is 4. The van der Waals surface area contributed by atoms with Crippen LogP contribution in [0.15, 0.2) is 18.2 Å². The van der Waals surface area contributed by atoms with Crippen molar-refractivity contribution in [2.24, 2.45) is 0 Å². The second kappa shape index (κ2) is 4.78. The Balaban J connectivity index is 1.92. The van der Waals surface area contributed by atoms with Crippen molar-refractivity contribution < 1.29 is 8.78 Å². The Bertz CT molecular complexity index is 456. The van der Waals surface area contributed by atoms with E-state index < -0.39 is 5.82 Å². The van der Waals surface area contributed by atoms with Crippen LogP contribution >= 0.6 is 0 Å². The lowest BCUT2D eigenvalue weighted by atomic mass is 10.1. The number of benzene rings is 1. The molecule has 0 radical (unpaired) electrons. The standard InChI is InChI=1S/C10H10F2N4/c11-8-4-5-9(12)7(6-8)2-1-3-10-13-15-16-14-10/h4-6H,1-3H2,(H,13,14,15,16). The van der Waals surface area contributed by atoms with Gasteiger partial charge >= 0.3 is 0 Å². The van der Waals surface area contributed by atoms with E-state index in [1.54, 1.807) is 0 Å². The van der Waals surface area contributed by atoms with Crippen molar-refractivity contribution in [2.75, 3.05) is 0 Å². The van der Waals surface area contributed by atoms with Gasteiger partial charge < -0.3 is 0 Å². The number of nitrogens with one attached hydrogen (secondary N) is 1. The summed E-state index contributed by atoms with van der Waals surface area (Å²) >= 11 is 0. The molecule has 0 unspecified atom stereocenters. The molecule has 4 nitrogen and oxygen atoms in total. The number of nitrogens with zero attached hydrogens (tertiary/aromatic N) is 3. The lowest BCUT2D eigenvalue weighted by molar-refractivity contribution is 0.580. The summed E-state index contributed by atoms with van der Waals surface area (Å²) in [5.41, 5.74) is 0.378. The Morgan fingerprint density at radius 2 is 2.06 bits per heavy atom. The molecule has 0 bridgehead atoms. The van der Waals surface area contributed by atoms with Gasteiger partial charge in [0.05, 0.1) is 0 Å². The zero-order valence-electron chi connectivity index (χ0n) is 8.45. The van der Waals surface area contributed by atoms with Crippen LogP contribution in [-0.4, -0.2) is 20.6 Å². The van der Waals surface area contributed by atoms with Crippen LogP contribution in [0.4, 0.5) is 8.78 Å². The van der Waals surface area contributed by atoms with Crippen LogP contribution in [0, 0.1) is 11.6 Å². The van der Waals surface area contributed by atoms with Crippen molar-refractivity contribution in [1.82, 2.24) is 20.6 Å². The van der Waals surface area contributed by atoms with E-state index in [0.29, 0.717) is 30.7 Å². The predicted octanol–water partition coefficient (Wildman–Crippen LogP) is 1.65. The van der Waals surface area contributed by atoms with Crippen LogP contribution in [0.5, 0.6) is 0 Å². The van der Waals surface area contributed by atoms with E-state index in [1.807, 2.05) is 0 Å². The zero-order valence-corrected chi connectivity index (χ0v) is 8.45. The lowest BCUT2D eigenvalue weighted by Crippen LogP contribution is -1.96. The first-order valence-corrected chi connectivity index (χ1v) is 4.92. The van der Waals surface area contributed by atoms with Crippen LogP contribution in [0.25, 0.3) is 0 Å². The molecule has 0 aliphatic heterocycles. The summed E-state index contributed by atoms with van der Waals surface area (Å²) < 4.78 is 26.1. The van der Waals surface area contributed by atoms with E-state index in [4.69, 9.17) is 0 Å². The Morgan fingerprint density at radius 1 is 1.19 bits per heavy atom. The minimum absolute atomic E-state index is 0.378. The largest absolute Gasteiger partial charge is 0.207 e. The molecular formula is C10H10F2N4. The molecule has 84 valence electrons. The molecule has 0 saturated heterocycles. The molecule has 0 fully saturated rings. The van der Waals surface area contributed by atoms with Gasteiger partial charge in [0.15, 0.2) is 5.82 Å². The molecule has 6 heteroatoms. The van der Waals surface area contributed by atoms with Crippen molar-refractivity contribution in [3.8, 4) is 0 Å². The van der Waals surface area contributed by atoms with Crippen molar-refractivity contribution >= 4 is 0 Å². The van der Waals surface area contributed by atoms with E-state index in [1.165, 1.54) is 6.07 Å². The second-order valence-corrected chi connectivity index (χ2v) is 3.42. The molecule has 2 aromatic rings. The number of aromatic amines is 1. The summed E-state index contributed by atoms with van der Waals surface area (Å²) in [4.78, 5) is 0. The van der Waals surface area contributed by atoms with Crippen molar-refractivity contribution in [2.45, 2.75) is 19.3 Å². The van der Waals surface area contributed by atoms with Gasteiger partial charge in [0, 0.05) is 6.42 Å². The minimum atomic E-state index is -0.420. The number of tetrazole rings is 1. The average molecular weight is 224 g/mol. The topological polar surface area (TPSA) is 54.5 Å². The molecule has 0 aliphatic carbocycles. The van der Waals surface area contributed by atoms with Crippen molar-refractivity contribution in [3.05, 3.63) is 41.2 Å². The lowest BCUT2D eigenvalue weighted by Gasteiger charge is -2.01. The minimum Gasteiger partial charge on any atom is -0.207 e. The highest BCUT2D eigenvalue weighted by atomic mass is 19.1. The molecule has 16 heavy (non-hydrogen) atoms. The third kappa shape index (κ3) is 2.59. The van der Waals surface area contributed by atoms with Gasteiger partial charge in [-0.2, -0.15) is 5.21 Å². The Kier molecular flexibility index (Phi) is 3.19. The average Bonchev–Trinajstić information content (AvgIpc) is 2.76. The van der Waals surface area contributed by atoms with Gasteiger partial charge in [0.1, 0.15) is 11.6 Å². The maximum Gasteiger partial charge on any atom is 0.174 e. The van der Waals surface area contributed by atoms with Crippen molar-refractivity contribution in [1.29, 1.82) is 0 Å². The summed E-state index contributed by atoms with van der Waals surface area (Å²) in [6, 6.07) is 3.46. The fourth-order valence-corrected chi connectivity index (χ4v) is 1.46. The highest BCUT2D eigenvalue weighted by Gasteiger charge is 2.05. The quantitative estimate of drug-likeness (QED) is 0.859. The molecular weight excluding hydrogens is 214 g/mol. The van der Waals surface area contributed by atoms with Crippen LogP contribution in [0.3, 0.4) is 0 Å². The molecule has 0 spiro atoms. The summed E-state index contributed by atoms with van der Waals surface area (Å²) in [6.45, 7) is 0. The molecule has 1 aromatic carbocycles. The number of aryl methyl sites for hydroxylation is 2. The third-order valence-electron chi connectivity index (χ3n) is 2.24. The van der Waals surface area contributed by atoms with E-state index in [-0.39, 0.29) is 5.82 Å². The monoisotopic (exact) mass is 224 g/mol. The van der Waals surface area contributed by atoms with Gasteiger partial charge in [-0.05, 0) is 36.6 Å². The van der Waals surface area contributed by atoms with Crippen LogP contribution in [0.1, 0.15) is 17.8 Å². The molecule has 0 saturated carbocycles. The molecule has 0 atom stereocenters. The normalized spacial score (nSPS) is 10.6. The smallest absolute Gasteiger partial charge is 0.174 e. The van der Waals surface area contributed by atoms with Crippen molar-refractivity contribution in [3.63, 3.8) is 0 Å². The van der Waals surface area contributed by atoms with Gasteiger partial charge in [0.25, 0.3) is 0 Å². The highest BCUT2D eigenvalue weighted by Crippen LogP contribution is 2.12. The maximum absolute atomic E-state index is 13.2. The fourth-order valence-electron chi connectivity index (χ4n) is 1.46. The van der Waals surface area contributed by atoms with E-state index in [0.717, 1.165) is 12.1 Å². The van der Waals surface area contributed by atoms with Crippen LogP contribution < -0.4 is 0 Å².